The Hall–Kier alpha value is -2.72. The number of nitrogens with one attached hydrogen (secondary N) is 2. The van der Waals surface area contributed by atoms with Gasteiger partial charge < -0.3 is 5.11 Å². The third kappa shape index (κ3) is 6.39. The SMILES string of the molecule is O=C(O)Cc1ccc(SNC(=O)c2cc(Cl)ccc2NS(=O)(=O)c2ccc(Cl)cc2)cc1. The number of carbonyl (C=O) groups is 2. The highest BCUT2D eigenvalue weighted by Crippen LogP contribution is 2.26. The average Bonchev–Trinajstić information content (AvgIpc) is 2.74. The van der Waals surface area contributed by atoms with Crippen molar-refractivity contribution < 1.29 is 23.1 Å². The predicted molar refractivity (Wildman–Crippen MR) is 125 cm³/mol. The predicted octanol–water partition coefficient (Wildman–Crippen LogP) is 4.86. The minimum absolute atomic E-state index is 0.0148. The second kappa shape index (κ2) is 10.3. The number of halogens is 2. The Morgan fingerprint density at radius 3 is 2.16 bits per heavy atom. The van der Waals surface area contributed by atoms with Crippen molar-refractivity contribution in [2.24, 2.45) is 0 Å². The summed E-state index contributed by atoms with van der Waals surface area (Å²) in [5, 5.41) is 9.47. The quantitative estimate of drug-likeness (QED) is 0.373. The molecule has 0 saturated carbocycles. The molecule has 3 rings (SSSR count). The van der Waals surface area contributed by atoms with Crippen LogP contribution < -0.4 is 9.44 Å². The van der Waals surface area contributed by atoms with Crippen molar-refractivity contribution in [1.82, 2.24) is 4.72 Å². The number of anilines is 1. The van der Waals surface area contributed by atoms with Crippen molar-refractivity contribution in [2.75, 3.05) is 4.72 Å². The lowest BCUT2D eigenvalue weighted by atomic mass is 10.2. The summed E-state index contributed by atoms with van der Waals surface area (Å²) in [5.74, 6) is -1.51. The molecule has 0 heterocycles. The van der Waals surface area contributed by atoms with Crippen LogP contribution in [0, 0.1) is 0 Å². The Morgan fingerprint density at radius 2 is 1.53 bits per heavy atom. The highest BCUT2D eigenvalue weighted by atomic mass is 35.5. The minimum Gasteiger partial charge on any atom is -0.481 e. The number of carbonyl (C=O) groups excluding carboxylic acids is 1. The summed E-state index contributed by atoms with van der Waals surface area (Å²) in [6.07, 6.45) is -0.100. The maximum Gasteiger partial charge on any atom is 0.307 e. The standard InChI is InChI=1S/C21H16Cl2N2O5S2/c22-14-3-8-17(9-4-14)32(29,30)25-19-10-5-15(23)12-18(19)21(28)24-31-16-6-1-13(2-7-16)11-20(26)27/h1-10,12,25H,11H2,(H,24,28)(H,26,27). The van der Waals surface area contributed by atoms with E-state index in [1.165, 1.54) is 42.5 Å². The summed E-state index contributed by atoms with van der Waals surface area (Å²) in [5.41, 5.74) is 0.714. The van der Waals surface area contributed by atoms with E-state index in [0.29, 0.717) is 15.5 Å². The zero-order valence-corrected chi connectivity index (χ0v) is 19.4. The van der Waals surface area contributed by atoms with Gasteiger partial charge in [-0.3, -0.25) is 19.0 Å². The van der Waals surface area contributed by atoms with E-state index in [-0.39, 0.29) is 27.6 Å². The Bertz CT molecular complexity index is 1250. The lowest BCUT2D eigenvalue weighted by Gasteiger charge is -2.13. The van der Waals surface area contributed by atoms with Gasteiger partial charge in [0, 0.05) is 14.9 Å². The van der Waals surface area contributed by atoms with E-state index in [9.17, 15) is 18.0 Å². The van der Waals surface area contributed by atoms with Crippen molar-refractivity contribution in [1.29, 1.82) is 0 Å². The number of aliphatic carboxylic acids is 1. The van der Waals surface area contributed by atoms with Crippen molar-refractivity contribution in [3.63, 3.8) is 0 Å². The van der Waals surface area contributed by atoms with Gasteiger partial charge in [0.1, 0.15) is 0 Å². The topological polar surface area (TPSA) is 113 Å². The van der Waals surface area contributed by atoms with Crippen molar-refractivity contribution >= 4 is 62.7 Å². The van der Waals surface area contributed by atoms with Gasteiger partial charge in [-0.1, -0.05) is 35.3 Å². The highest BCUT2D eigenvalue weighted by molar-refractivity contribution is 7.98. The van der Waals surface area contributed by atoms with Crippen LogP contribution in [0.3, 0.4) is 0 Å². The number of amides is 1. The van der Waals surface area contributed by atoms with E-state index in [4.69, 9.17) is 28.3 Å². The summed E-state index contributed by atoms with van der Waals surface area (Å²) in [7, 11) is -3.97. The summed E-state index contributed by atoms with van der Waals surface area (Å²) >= 11 is 12.8. The number of hydrogen-bond acceptors (Lipinski definition) is 5. The molecule has 0 saturated heterocycles. The third-order valence-corrected chi connectivity index (χ3v) is 6.80. The molecule has 1 amide bonds. The highest BCUT2D eigenvalue weighted by Gasteiger charge is 2.19. The lowest BCUT2D eigenvalue weighted by molar-refractivity contribution is -0.136. The summed E-state index contributed by atoms with van der Waals surface area (Å²) < 4.78 is 30.4. The number of carboxylic acid groups (broad SMARTS) is 1. The van der Waals surface area contributed by atoms with Crippen LogP contribution in [0.1, 0.15) is 15.9 Å². The molecule has 0 aliphatic rings. The molecule has 0 atom stereocenters. The Balaban J connectivity index is 1.76. The first-order valence-corrected chi connectivity index (χ1v) is 12.1. The van der Waals surface area contributed by atoms with Crippen LogP contribution >= 0.6 is 35.1 Å². The first-order valence-electron chi connectivity index (χ1n) is 9.00. The largest absolute Gasteiger partial charge is 0.481 e. The molecule has 0 spiro atoms. The normalized spacial score (nSPS) is 11.1. The van der Waals surface area contributed by atoms with Crippen LogP contribution in [-0.4, -0.2) is 25.4 Å². The van der Waals surface area contributed by atoms with Crippen LogP contribution in [-0.2, 0) is 21.2 Å². The molecule has 32 heavy (non-hydrogen) atoms. The van der Waals surface area contributed by atoms with E-state index in [1.54, 1.807) is 24.3 Å². The molecule has 11 heteroatoms. The van der Waals surface area contributed by atoms with E-state index >= 15 is 0 Å². The molecule has 3 aromatic rings. The van der Waals surface area contributed by atoms with Gasteiger partial charge in [0.25, 0.3) is 15.9 Å². The second-order valence-corrected chi connectivity index (χ2v) is 9.93. The Morgan fingerprint density at radius 1 is 0.906 bits per heavy atom. The molecule has 3 N–H and O–H groups in total. The fraction of sp³-hybridized carbons (Fsp3) is 0.0476. The van der Waals surface area contributed by atoms with Crippen LogP contribution in [0.4, 0.5) is 5.69 Å². The number of sulfonamides is 1. The summed E-state index contributed by atoms with van der Waals surface area (Å²) in [6.45, 7) is 0. The fourth-order valence-electron chi connectivity index (χ4n) is 2.62. The molecule has 7 nitrogen and oxygen atoms in total. The van der Waals surface area contributed by atoms with E-state index in [0.717, 1.165) is 11.9 Å². The maximum atomic E-state index is 12.7. The number of carboxylic acids is 1. The molecule has 0 aromatic heterocycles. The van der Waals surface area contributed by atoms with Crippen molar-refractivity contribution in [3.8, 4) is 0 Å². The third-order valence-electron chi connectivity index (χ3n) is 4.13. The zero-order valence-electron chi connectivity index (χ0n) is 16.2. The van der Waals surface area contributed by atoms with Gasteiger partial charge in [-0.15, -0.1) is 0 Å². The van der Waals surface area contributed by atoms with Gasteiger partial charge in [0.2, 0.25) is 0 Å². The second-order valence-electron chi connectivity index (χ2n) is 6.50. The lowest BCUT2D eigenvalue weighted by Crippen LogP contribution is -2.20. The van der Waals surface area contributed by atoms with Gasteiger partial charge in [0.15, 0.2) is 0 Å². The molecule has 0 aliphatic heterocycles. The molecule has 166 valence electrons. The molecule has 3 aromatic carbocycles. The average molecular weight is 511 g/mol. The van der Waals surface area contributed by atoms with Crippen molar-refractivity contribution in [2.45, 2.75) is 16.2 Å². The molecule has 0 radical (unpaired) electrons. The molecule has 0 fully saturated rings. The molecule has 0 bridgehead atoms. The summed E-state index contributed by atoms with van der Waals surface area (Å²) in [4.78, 5) is 24.2. The molecular formula is C21H16Cl2N2O5S2. The van der Waals surface area contributed by atoms with Gasteiger partial charge in [-0.25, -0.2) is 8.42 Å². The van der Waals surface area contributed by atoms with Gasteiger partial charge in [-0.2, -0.15) is 0 Å². The smallest absolute Gasteiger partial charge is 0.307 e. The Labute approximate surface area is 198 Å². The van der Waals surface area contributed by atoms with Crippen LogP contribution in [0.2, 0.25) is 10.0 Å². The molecular weight excluding hydrogens is 495 g/mol. The van der Waals surface area contributed by atoms with E-state index in [1.807, 2.05) is 0 Å². The Kier molecular flexibility index (Phi) is 7.68. The first kappa shape index (κ1) is 23.9. The van der Waals surface area contributed by atoms with Crippen molar-refractivity contribution in [3.05, 3.63) is 87.9 Å². The van der Waals surface area contributed by atoms with Crippen LogP contribution in [0.5, 0.6) is 0 Å². The van der Waals surface area contributed by atoms with Gasteiger partial charge in [-0.05, 0) is 72.1 Å². The van der Waals surface area contributed by atoms with Crippen LogP contribution in [0.25, 0.3) is 0 Å². The minimum atomic E-state index is -3.97. The van der Waals surface area contributed by atoms with E-state index in [2.05, 4.69) is 9.44 Å². The fourth-order valence-corrected chi connectivity index (χ4v) is 4.59. The zero-order chi connectivity index (χ0) is 23.3. The maximum absolute atomic E-state index is 12.7. The van der Waals surface area contributed by atoms with E-state index < -0.39 is 21.9 Å². The summed E-state index contributed by atoms with van der Waals surface area (Å²) in [6, 6.07) is 16.5. The molecule has 0 aliphatic carbocycles. The number of benzene rings is 3. The van der Waals surface area contributed by atoms with Gasteiger partial charge >= 0.3 is 5.97 Å². The van der Waals surface area contributed by atoms with Gasteiger partial charge in [0.05, 0.1) is 22.6 Å². The monoisotopic (exact) mass is 510 g/mol. The number of hydrogen-bond donors (Lipinski definition) is 3. The number of rotatable bonds is 8. The molecule has 0 unspecified atom stereocenters. The first-order chi connectivity index (χ1) is 15.1. The van der Waals surface area contributed by atoms with Crippen LogP contribution in [0.15, 0.2) is 76.5 Å².